The minimum absolute atomic E-state index is 0.139. The molecule has 1 aliphatic heterocycles. The zero-order valence-electron chi connectivity index (χ0n) is 18.3. The van der Waals surface area contributed by atoms with Crippen LogP contribution in [0.3, 0.4) is 0 Å². The van der Waals surface area contributed by atoms with Gasteiger partial charge in [0.1, 0.15) is 10.8 Å². The lowest BCUT2D eigenvalue weighted by Gasteiger charge is -2.22. The molecule has 5 rings (SSSR count). The average Bonchev–Trinajstić information content (AvgIpc) is 3.42. The van der Waals surface area contributed by atoms with Gasteiger partial charge in [-0.05, 0) is 61.4 Å². The fourth-order valence-electron chi connectivity index (χ4n) is 3.86. The molecule has 2 aromatic carbocycles. The van der Waals surface area contributed by atoms with Crippen molar-refractivity contribution in [3.05, 3.63) is 100 Å². The Morgan fingerprint density at radius 1 is 1.00 bits per heavy atom. The van der Waals surface area contributed by atoms with Gasteiger partial charge in [-0.2, -0.15) is 0 Å². The molecular weight excluding hydrogens is 434 g/mol. The van der Waals surface area contributed by atoms with Gasteiger partial charge in [0.2, 0.25) is 6.79 Å². The topological polar surface area (TPSA) is 72.5 Å². The van der Waals surface area contributed by atoms with Crippen LogP contribution in [0, 0.1) is 13.8 Å². The minimum Gasteiger partial charge on any atom is -0.454 e. The fourth-order valence-corrected chi connectivity index (χ4v) is 4.95. The molecule has 7 heteroatoms. The van der Waals surface area contributed by atoms with E-state index in [9.17, 15) is 4.79 Å². The Kier molecular flexibility index (Phi) is 5.71. The second-order valence-electron chi connectivity index (χ2n) is 7.75. The molecule has 0 bridgehead atoms. The fraction of sp³-hybridized carbons (Fsp3) is 0.154. The van der Waals surface area contributed by atoms with Crippen LogP contribution >= 0.6 is 11.3 Å². The number of aromatic nitrogens is 1. The van der Waals surface area contributed by atoms with Gasteiger partial charge >= 0.3 is 0 Å². The monoisotopic (exact) mass is 457 g/mol. The summed E-state index contributed by atoms with van der Waals surface area (Å²) in [4.78, 5) is 18.6. The molecule has 0 fully saturated rings. The van der Waals surface area contributed by atoms with Gasteiger partial charge in [-0.15, -0.1) is 11.3 Å². The smallest absolute Gasteiger partial charge is 0.256 e. The molecule has 6 nitrogen and oxygen atoms in total. The first-order valence-corrected chi connectivity index (χ1v) is 11.4. The maximum absolute atomic E-state index is 13.0. The van der Waals surface area contributed by atoms with E-state index in [1.807, 2.05) is 66.7 Å². The first kappa shape index (κ1) is 21.0. The predicted octanol–water partition coefficient (Wildman–Crippen LogP) is 5.94. The van der Waals surface area contributed by atoms with Crippen LogP contribution in [0.4, 0.5) is 10.8 Å². The molecule has 2 aromatic heterocycles. The summed E-state index contributed by atoms with van der Waals surface area (Å²) in [5.41, 5.74) is 3.73. The molecule has 0 aliphatic carbocycles. The van der Waals surface area contributed by atoms with Gasteiger partial charge in [0, 0.05) is 22.2 Å². The van der Waals surface area contributed by atoms with Crippen molar-refractivity contribution in [2.45, 2.75) is 19.9 Å². The Labute approximate surface area is 196 Å². The van der Waals surface area contributed by atoms with Gasteiger partial charge in [-0.25, -0.2) is 4.98 Å². The quantitative estimate of drug-likeness (QED) is 0.375. The number of rotatable bonds is 6. The molecule has 166 valence electrons. The molecule has 0 radical (unpaired) electrons. The first-order valence-electron chi connectivity index (χ1n) is 10.6. The van der Waals surface area contributed by atoms with Crippen molar-refractivity contribution in [2.24, 2.45) is 0 Å². The van der Waals surface area contributed by atoms with Crippen LogP contribution in [0.2, 0.25) is 0 Å². The molecule has 1 amide bonds. The summed E-state index contributed by atoms with van der Waals surface area (Å²) in [5, 5.41) is 7.51. The van der Waals surface area contributed by atoms with E-state index in [1.54, 1.807) is 17.5 Å². The summed E-state index contributed by atoms with van der Waals surface area (Å²) in [6.45, 7) is 4.37. The number of hydrogen-bond donors (Lipinski definition) is 2. The summed E-state index contributed by atoms with van der Waals surface area (Å²) < 4.78 is 11.1. The molecule has 0 saturated carbocycles. The zero-order chi connectivity index (χ0) is 22.8. The molecule has 4 aromatic rings. The van der Waals surface area contributed by atoms with Gasteiger partial charge in [0.15, 0.2) is 11.5 Å². The van der Waals surface area contributed by atoms with Gasteiger partial charge in [0.05, 0.1) is 6.04 Å². The van der Waals surface area contributed by atoms with Crippen molar-refractivity contribution in [1.82, 2.24) is 4.98 Å². The third-order valence-electron chi connectivity index (χ3n) is 5.67. The number of carbonyl (C=O) groups excluding carboxylic acids is 1. The lowest BCUT2D eigenvalue weighted by molar-refractivity contribution is 0.102. The van der Waals surface area contributed by atoms with Crippen molar-refractivity contribution >= 4 is 28.1 Å². The number of ether oxygens (including phenoxy) is 2. The SMILES string of the molecule is Cc1sc(NC(=O)c2ccccc2)c([C@@H](Nc2ccccn2)c2ccc3c(c2)OCO3)c1C. The molecule has 2 N–H and O–H groups in total. The number of nitrogens with one attached hydrogen (secondary N) is 2. The Balaban J connectivity index is 1.58. The molecular formula is C26H23N3O3S. The molecule has 33 heavy (non-hydrogen) atoms. The highest BCUT2D eigenvalue weighted by Crippen LogP contribution is 2.43. The number of aryl methyl sites for hydroxylation is 1. The van der Waals surface area contributed by atoms with Crippen molar-refractivity contribution < 1.29 is 14.3 Å². The van der Waals surface area contributed by atoms with Crippen molar-refractivity contribution in [1.29, 1.82) is 0 Å². The standard InChI is InChI=1S/C26H23N3O3S/c1-16-17(2)33-26(29-25(30)18-8-4-3-5-9-18)23(16)24(28-22-10-6-7-13-27-22)19-11-12-20-21(14-19)32-15-31-20/h3-14,24H,15H2,1-2H3,(H,27,28)(H,29,30)/t24-/m0/s1. The predicted molar refractivity (Wildman–Crippen MR) is 130 cm³/mol. The summed E-state index contributed by atoms with van der Waals surface area (Å²) in [5.74, 6) is 2.04. The first-order chi connectivity index (χ1) is 16.1. The minimum atomic E-state index is -0.259. The average molecular weight is 458 g/mol. The number of pyridine rings is 1. The van der Waals surface area contributed by atoms with Crippen molar-refractivity contribution in [2.75, 3.05) is 17.4 Å². The van der Waals surface area contributed by atoms with Crippen LogP contribution in [0.15, 0.2) is 72.9 Å². The number of hydrogen-bond acceptors (Lipinski definition) is 6. The molecule has 1 atom stereocenters. The number of anilines is 2. The largest absolute Gasteiger partial charge is 0.454 e. The van der Waals surface area contributed by atoms with Crippen LogP contribution in [0.1, 0.15) is 38.0 Å². The Morgan fingerprint density at radius 2 is 1.79 bits per heavy atom. The van der Waals surface area contributed by atoms with Gasteiger partial charge in [-0.1, -0.05) is 30.3 Å². The van der Waals surface area contributed by atoms with E-state index in [4.69, 9.17) is 9.47 Å². The van der Waals surface area contributed by atoms with Gasteiger partial charge < -0.3 is 20.1 Å². The van der Waals surface area contributed by atoms with E-state index < -0.39 is 0 Å². The second kappa shape index (κ2) is 8.96. The van der Waals surface area contributed by atoms with Crippen molar-refractivity contribution in [3.63, 3.8) is 0 Å². The zero-order valence-corrected chi connectivity index (χ0v) is 19.1. The molecule has 0 saturated heterocycles. The molecule has 3 heterocycles. The third kappa shape index (κ3) is 4.27. The summed E-state index contributed by atoms with van der Waals surface area (Å²) in [7, 11) is 0. The van der Waals surface area contributed by atoms with Crippen molar-refractivity contribution in [3.8, 4) is 11.5 Å². The van der Waals surface area contributed by atoms with Crippen LogP contribution < -0.4 is 20.1 Å². The lowest BCUT2D eigenvalue weighted by Crippen LogP contribution is -2.18. The van der Waals surface area contributed by atoms with Crippen LogP contribution in [-0.4, -0.2) is 17.7 Å². The Bertz CT molecular complexity index is 1290. The molecule has 1 aliphatic rings. The highest BCUT2D eigenvalue weighted by molar-refractivity contribution is 7.16. The Hall–Kier alpha value is -3.84. The van der Waals surface area contributed by atoms with Gasteiger partial charge in [0.25, 0.3) is 5.91 Å². The number of carbonyl (C=O) groups is 1. The van der Waals surface area contributed by atoms with E-state index in [2.05, 4.69) is 29.5 Å². The normalized spacial score (nSPS) is 12.9. The van der Waals surface area contributed by atoms with Crippen LogP contribution in [0.25, 0.3) is 0 Å². The summed E-state index contributed by atoms with van der Waals surface area (Å²) in [6, 6.07) is 20.6. The van der Waals surface area contributed by atoms with Crippen LogP contribution in [-0.2, 0) is 0 Å². The Morgan fingerprint density at radius 3 is 2.58 bits per heavy atom. The summed E-state index contributed by atoms with van der Waals surface area (Å²) in [6.07, 6.45) is 1.75. The second-order valence-corrected chi connectivity index (χ2v) is 8.98. The van der Waals surface area contributed by atoms with E-state index >= 15 is 0 Å². The molecule has 0 spiro atoms. The highest BCUT2D eigenvalue weighted by atomic mass is 32.1. The van der Waals surface area contributed by atoms with E-state index in [-0.39, 0.29) is 18.7 Å². The van der Waals surface area contributed by atoms with Crippen LogP contribution in [0.5, 0.6) is 11.5 Å². The third-order valence-corrected chi connectivity index (χ3v) is 6.81. The maximum Gasteiger partial charge on any atom is 0.256 e. The number of fused-ring (bicyclic) bond motifs is 1. The van der Waals surface area contributed by atoms with E-state index in [1.165, 1.54) is 0 Å². The highest BCUT2D eigenvalue weighted by Gasteiger charge is 2.27. The number of benzene rings is 2. The number of thiophene rings is 1. The number of nitrogens with zero attached hydrogens (tertiary/aromatic N) is 1. The summed E-state index contributed by atoms with van der Waals surface area (Å²) >= 11 is 1.57. The molecule has 0 unspecified atom stereocenters. The van der Waals surface area contributed by atoms with E-state index in [0.717, 1.165) is 38.1 Å². The number of amides is 1. The maximum atomic E-state index is 13.0. The van der Waals surface area contributed by atoms with Gasteiger partial charge in [-0.3, -0.25) is 4.79 Å². The van der Waals surface area contributed by atoms with E-state index in [0.29, 0.717) is 11.3 Å². The lowest BCUT2D eigenvalue weighted by atomic mass is 9.96.